The van der Waals surface area contributed by atoms with Gasteiger partial charge in [0.25, 0.3) is 5.91 Å². The van der Waals surface area contributed by atoms with Crippen molar-refractivity contribution in [3.05, 3.63) is 71.8 Å². The summed E-state index contributed by atoms with van der Waals surface area (Å²) in [6.07, 6.45) is 3.04. The van der Waals surface area contributed by atoms with E-state index in [4.69, 9.17) is 0 Å². The maximum absolute atomic E-state index is 13.1. The summed E-state index contributed by atoms with van der Waals surface area (Å²) in [5.41, 5.74) is 2.69. The lowest BCUT2D eigenvalue weighted by atomic mass is 9.99. The highest BCUT2D eigenvalue weighted by Crippen LogP contribution is 2.23. The second-order valence-electron chi connectivity index (χ2n) is 8.75. The number of nitrogens with zero attached hydrogens (tertiary/aromatic N) is 2. The molecule has 29 heavy (non-hydrogen) atoms. The van der Waals surface area contributed by atoms with Crippen LogP contribution >= 0.6 is 0 Å². The molecule has 0 aliphatic carbocycles. The number of rotatable bonds is 9. The second-order valence-corrected chi connectivity index (χ2v) is 8.75. The zero-order valence-corrected chi connectivity index (χ0v) is 18.2. The number of piperazine rings is 1. The van der Waals surface area contributed by atoms with E-state index in [0.717, 1.165) is 43.4 Å². The SMILES string of the molecule is CNCC(Cc1ccccc1)[N+]1(C)CC(=O)N(CCCc2ccccc2)C(C)C1. The Labute approximate surface area is 176 Å². The minimum absolute atomic E-state index is 0.271. The standard InChI is InChI=1S/C25H36N3O/c1-21-19-28(3,24(18-26-2)17-23-13-8-5-9-14-23)20-25(29)27(21)16-10-15-22-11-6-4-7-12-22/h4-9,11-14,21,24,26H,10,15-20H2,1-3H3/q+1. The molecule has 3 atom stereocenters. The van der Waals surface area contributed by atoms with E-state index in [1.54, 1.807) is 0 Å². The van der Waals surface area contributed by atoms with E-state index in [1.807, 2.05) is 7.05 Å². The molecule has 1 fully saturated rings. The summed E-state index contributed by atoms with van der Waals surface area (Å²) in [6.45, 7) is 5.59. The number of benzene rings is 2. The molecule has 4 heteroatoms. The molecule has 4 nitrogen and oxygen atoms in total. The van der Waals surface area contributed by atoms with Crippen molar-refractivity contribution in [2.75, 3.05) is 40.3 Å². The third kappa shape index (κ3) is 5.68. The third-order valence-corrected chi connectivity index (χ3v) is 6.37. The first-order valence-corrected chi connectivity index (χ1v) is 10.9. The molecule has 1 amide bonds. The summed E-state index contributed by atoms with van der Waals surface area (Å²) in [6, 6.07) is 21.9. The van der Waals surface area contributed by atoms with Crippen LogP contribution in [0.3, 0.4) is 0 Å². The van der Waals surface area contributed by atoms with Gasteiger partial charge in [0.1, 0.15) is 6.04 Å². The second kappa shape index (κ2) is 10.0. The van der Waals surface area contributed by atoms with Crippen LogP contribution in [0.1, 0.15) is 24.5 Å². The Kier molecular flexibility index (Phi) is 7.45. The van der Waals surface area contributed by atoms with Crippen molar-refractivity contribution in [1.29, 1.82) is 0 Å². The van der Waals surface area contributed by atoms with Gasteiger partial charge >= 0.3 is 0 Å². The van der Waals surface area contributed by atoms with E-state index in [-0.39, 0.29) is 6.04 Å². The minimum Gasteiger partial charge on any atom is -0.329 e. The quantitative estimate of drug-likeness (QED) is 0.663. The van der Waals surface area contributed by atoms with E-state index in [0.29, 0.717) is 18.5 Å². The Morgan fingerprint density at radius 2 is 1.69 bits per heavy atom. The molecule has 3 rings (SSSR count). The highest BCUT2D eigenvalue weighted by molar-refractivity contribution is 5.78. The molecule has 3 unspecified atom stereocenters. The number of hydrogen-bond acceptors (Lipinski definition) is 2. The Bertz CT molecular complexity index is 764. The average molecular weight is 395 g/mol. The van der Waals surface area contributed by atoms with Gasteiger partial charge in [-0.15, -0.1) is 0 Å². The van der Waals surface area contributed by atoms with Crippen molar-refractivity contribution in [2.24, 2.45) is 0 Å². The molecule has 1 saturated heterocycles. The molecule has 0 saturated carbocycles. The summed E-state index contributed by atoms with van der Waals surface area (Å²) in [5.74, 6) is 0.300. The molecule has 0 radical (unpaired) electrons. The van der Waals surface area contributed by atoms with Crippen molar-refractivity contribution in [1.82, 2.24) is 10.2 Å². The molecule has 0 aromatic heterocycles. The number of carbonyl (C=O) groups excluding carboxylic acids is 1. The van der Waals surface area contributed by atoms with Gasteiger partial charge in [-0.1, -0.05) is 60.7 Å². The van der Waals surface area contributed by atoms with Gasteiger partial charge in [-0.25, -0.2) is 0 Å². The number of nitrogens with one attached hydrogen (secondary N) is 1. The van der Waals surface area contributed by atoms with Crippen LogP contribution < -0.4 is 5.32 Å². The minimum atomic E-state index is 0.271. The smallest absolute Gasteiger partial charge is 0.278 e. The van der Waals surface area contributed by atoms with Crippen LogP contribution in [-0.2, 0) is 17.6 Å². The molecule has 0 bridgehead atoms. The lowest BCUT2D eigenvalue weighted by Gasteiger charge is -2.49. The highest BCUT2D eigenvalue weighted by atomic mass is 16.2. The Morgan fingerprint density at radius 1 is 1.07 bits per heavy atom. The Morgan fingerprint density at radius 3 is 2.28 bits per heavy atom. The molecule has 2 aromatic rings. The number of likely N-dealkylation sites (N-methyl/N-ethyl adjacent to an activating group) is 2. The van der Waals surface area contributed by atoms with Crippen molar-refractivity contribution in [3.8, 4) is 0 Å². The number of quaternary nitrogens is 1. The fourth-order valence-corrected chi connectivity index (χ4v) is 4.77. The van der Waals surface area contributed by atoms with Gasteiger partial charge in [0.2, 0.25) is 0 Å². The van der Waals surface area contributed by atoms with Crippen LogP contribution in [0.4, 0.5) is 0 Å². The molecular weight excluding hydrogens is 358 g/mol. The summed E-state index contributed by atoms with van der Waals surface area (Å²) < 4.78 is 0.810. The van der Waals surface area contributed by atoms with Crippen molar-refractivity contribution in [3.63, 3.8) is 0 Å². The number of carbonyl (C=O) groups is 1. The van der Waals surface area contributed by atoms with Crippen LogP contribution in [0.5, 0.6) is 0 Å². The predicted molar refractivity (Wildman–Crippen MR) is 120 cm³/mol. The first-order chi connectivity index (χ1) is 14.0. The maximum Gasteiger partial charge on any atom is 0.278 e. The van der Waals surface area contributed by atoms with Crippen LogP contribution in [-0.4, -0.2) is 67.6 Å². The molecule has 156 valence electrons. The maximum atomic E-state index is 13.1. The normalized spacial score (nSPS) is 23.2. The largest absolute Gasteiger partial charge is 0.329 e. The highest BCUT2D eigenvalue weighted by Gasteiger charge is 2.43. The van der Waals surface area contributed by atoms with Crippen LogP contribution in [0.25, 0.3) is 0 Å². The summed E-state index contributed by atoms with van der Waals surface area (Å²) in [4.78, 5) is 15.2. The zero-order valence-electron chi connectivity index (χ0n) is 18.2. The van der Waals surface area contributed by atoms with E-state index in [9.17, 15) is 4.79 Å². The zero-order chi connectivity index (χ0) is 20.7. The Balaban J connectivity index is 1.62. The summed E-state index contributed by atoms with van der Waals surface area (Å²) in [7, 11) is 4.27. The monoisotopic (exact) mass is 394 g/mol. The number of amides is 1. The van der Waals surface area contributed by atoms with Gasteiger partial charge in [0, 0.05) is 19.5 Å². The molecule has 1 N–H and O–H groups in total. The predicted octanol–water partition coefficient (Wildman–Crippen LogP) is 3.13. The van der Waals surface area contributed by atoms with Gasteiger partial charge in [0.05, 0.1) is 19.6 Å². The van der Waals surface area contributed by atoms with Crippen molar-refractivity contribution in [2.45, 2.75) is 38.3 Å². The summed E-state index contributed by atoms with van der Waals surface area (Å²) in [5, 5.41) is 3.36. The van der Waals surface area contributed by atoms with Gasteiger partial charge in [-0.05, 0) is 37.9 Å². The molecule has 2 aromatic carbocycles. The lowest BCUT2D eigenvalue weighted by molar-refractivity contribution is -0.930. The molecule has 0 spiro atoms. The Hall–Kier alpha value is -2.17. The summed E-state index contributed by atoms with van der Waals surface area (Å²) >= 11 is 0. The number of hydrogen-bond donors (Lipinski definition) is 1. The molecular formula is C25H36N3O+. The fourth-order valence-electron chi connectivity index (χ4n) is 4.77. The van der Waals surface area contributed by atoms with Gasteiger partial charge in [-0.3, -0.25) is 4.79 Å². The van der Waals surface area contributed by atoms with E-state index in [2.05, 4.69) is 84.9 Å². The average Bonchev–Trinajstić information content (AvgIpc) is 2.71. The van der Waals surface area contributed by atoms with Crippen molar-refractivity contribution >= 4 is 5.91 Å². The molecule has 1 aliphatic rings. The van der Waals surface area contributed by atoms with Gasteiger partial charge in [0.15, 0.2) is 6.54 Å². The van der Waals surface area contributed by atoms with Gasteiger partial charge in [-0.2, -0.15) is 0 Å². The third-order valence-electron chi connectivity index (χ3n) is 6.37. The topological polar surface area (TPSA) is 32.3 Å². The van der Waals surface area contributed by atoms with Crippen LogP contribution in [0.2, 0.25) is 0 Å². The van der Waals surface area contributed by atoms with Crippen LogP contribution in [0.15, 0.2) is 60.7 Å². The van der Waals surface area contributed by atoms with Crippen LogP contribution in [0, 0.1) is 0 Å². The van der Waals surface area contributed by atoms with E-state index >= 15 is 0 Å². The first kappa shape index (κ1) is 21.5. The molecule has 1 aliphatic heterocycles. The molecule has 1 heterocycles. The fraction of sp³-hybridized carbons (Fsp3) is 0.480. The van der Waals surface area contributed by atoms with E-state index in [1.165, 1.54) is 11.1 Å². The van der Waals surface area contributed by atoms with Gasteiger partial charge < -0.3 is 14.7 Å². The van der Waals surface area contributed by atoms with Crippen molar-refractivity contribution < 1.29 is 9.28 Å². The van der Waals surface area contributed by atoms with E-state index < -0.39 is 0 Å². The number of aryl methyl sites for hydroxylation is 1. The lowest BCUT2D eigenvalue weighted by Crippen LogP contribution is -2.68. The first-order valence-electron chi connectivity index (χ1n) is 10.9.